The van der Waals surface area contributed by atoms with Gasteiger partial charge in [0, 0.05) is 21.8 Å². The summed E-state index contributed by atoms with van der Waals surface area (Å²) in [5.41, 5.74) is 3.80. The molecule has 2 nitrogen and oxygen atoms in total. The molecule has 0 N–H and O–H groups in total. The topological polar surface area (TPSA) is 36.0 Å². The Bertz CT molecular complexity index is 746. The second kappa shape index (κ2) is 6.54. The van der Waals surface area contributed by atoms with E-state index in [9.17, 15) is 4.55 Å². The molecule has 3 aromatic rings. The number of hydrogen-bond acceptors (Lipinski definition) is 3. The highest BCUT2D eigenvalue weighted by Crippen LogP contribution is 2.45. The van der Waals surface area contributed by atoms with Crippen molar-refractivity contribution in [2.24, 2.45) is 0 Å². The van der Waals surface area contributed by atoms with Crippen LogP contribution in [-0.4, -0.2) is 15.8 Å². The van der Waals surface area contributed by atoms with E-state index in [2.05, 4.69) is 20.9 Å². The standard InChI is InChI=1S/C17H14BrNOS2/c1-22(20)17(16-11-19-12-21-16,13-6-3-2-4-7-13)14-8-5-9-15(18)10-14/h2-12H,1H3. The van der Waals surface area contributed by atoms with Crippen molar-refractivity contribution < 1.29 is 4.55 Å². The lowest BCUT2D eigenvalue weighted by atomic mass is 9.89. The molecule has 22 heavy (non-hydrogen) atoms. The van der Waals surface area contributed by atoms with Crippen LogP contribution in [0.25, 0.3) is 0 Å². The summed E-state index contributed by atoms with van der Waals surface area (Å²) in [5, 5.41) is 0. The van der Waals surface area contributed by atoms with E-state index in [1.807, 2.05) is 60.8 Å². The van der Waals surface area contributed by atoms with Crippen molar-refractivity contribution in [1.82, 2.24) is 4.98 Å². The highest BCUT2D eigenvalue weighted by Gasteiger charge is 2.47. The van der Waals surface area contributed by atoms with Gasteiger partial charge in [0.25, 0.3) is 0 Å². The molecule has 0 radical (unpaired) electrons. The Hall–Kier alpha value is -1.14. The van der Waals surface area contributed by atoms with Crippen molar-refractivity contribution in [2.75, 3.05) is 6.26 Å². The Balaban J connectivity index is 2.35. The van der Waals surface area contributed by atoms with Crippen molar-refractivity contribution in [3.05, 3.63) is 86.8 Å². The molecule has 0 saturated carbocycles. The monoisotopic (exact) mass is 391 g/mol. The fraction of sp³-hybridized carbons (Fsp3) is 0.118. The van der Waals surface area contributed by atoms with Crippen LogP contribution >= 0.6 is 27.3 Å². The molecule has 2 unspecified atom stereocenters. The van der Waals surface area contributed by atoms with Gasteiger partial charge in [-0.15, -0.1) is 11.3 Å². The smallest absolute Gasteiger partial charge is 0.211 e. The summed E-state index contributed by atoms with van der Waals surface area (Å²) in [4.78, 5) is 5.20. The largest absolute Gasteiger partial charge is 0.615 e. The van der Waals surface area contributed by atoms with Gasteiger partial charge in [0.15, 0.2) is 0 Å². The van der Waals surface area contributed by atoms with E-state index in [0.717, 1.165) is 20.5 Å². The Labute approximate surface area is 145 Å². The zero-order valence-electron chi connectivity index (χ0n) is 11.9. The van der Waals surface area contributed by atoms with E-state index in [1.165, 1.54) is 11.3 Å². The average molecular weight is 392 g/mol. The van der Waals surface area contributed by atoms with Crippen molar-refractivity contribution in [3.8, 4) is 0 Å². The molecule has 1 aromatic heterocycles. The van der Waals surface area contributed by atoms with Gasteiger partial charge in [-0.1, -0.05) is 58.4 Å². The van der Waals surface area contributed by atoms with E-state index in [-0.39, 0.29) is 0 Å². The minimum Gasteiger partial charge on any atom is -0.615 e. The molecular weight excluding hydrogens is 378 g/mol. The molecule has 0 aliphatic heterocycles. The van der Waals surface area contributed by atoms with Crippen LogP contribution in [0.3, 0.4) is 0 Å². The summed E-state index contributed by atoms with van der Waals surface area (Å²) in [5.74, 6) is 0. The number of hydrogen-bond donors (Lipinski definition) is 0. The zero-order chi connectivity index (χ0) is 15.6. The third-order valence-electron chi connectivity index (χ3n) is 3.62. The van der Waals surface area contributed by atoms with E-state index >= 15 is 0 Å². The first-order valence-corrected chi connectivity index (χ1v) is 9.93. The molecule has 0 fully saturated rings. The number of rotatable bonds is 4. The number of nitrogens with zero attached hydrogens (tertiary/aromatic N) is 1. The van der Waals surface area contributed by atoms with E-state index in [1.54, 1.807) is 11.8 Å². The van der Waals surface area contributed by atoms with Gasteiger partial charge in [-0.05, 0) is 23.3 Å². The normalized spacial score (nSPS) is 15.2. The number of halogens is 1. The maximum Gasteiger partial charge on any atom is 0.211 e. The molecule has 0 saturated heterocycles. The van der Waals surface area contributed by atoms with Gasteiger partial charge in [-0.3, -0.25) is 4.98 Å². The molecule has 2 atom stereocenters. The van der Waals surface area contributed by atoms with Crippen molar-refractivity contribution in [1.29, 1.82) is 0 Å². The van der Waals surface area contributed by atoms with Crippen molar-refractivity contribution in [2.45, 2.75) is 4.75 Å². The van der Waals surface area contributed by atoms with Gasteiger partial charge >= 0.3 is 0 Å². The third-order valence-corrected chi connectivity index (χ3v) is 6.69. The van der Waals surface area contributed by atoms with E-state index in [4.69, 9.17) is 0 Å². The minimum absolute atomic E-state index is 0.702. The van der Waals surface area contributed by atoms with Crippen LogP contribution in [-0.2, 0) is 15.9 Å². The van der Waals surface area contributed by atoms with Crippen molar-refractivity contribution >= 4 is 38.4 Å². The molecule has 0 spiro atoms. The predicted molar refractivity (Wildman–Crippen MR) is 96.6 cm³/mol. The molecule has 0 amide bonds. The summed E-state index contributed by atoms with van der Waals surface area (Å²) < 4.78 is 13.2. The lowest BCUT2D eigenvalue weighted by molar-refractivity contribution is 0.579. The first-order valence-electron chi connectivity index (χ1n) is 6.69. The van der Waals surface area contributed by atoms with Gasteiger partial charge in [-0.2, -0.15) is 0 Å². The molecule has 112 valence electrons. The van der Waals surface area contributed by atoms with Gasteiger partial charge in [0.2, 0.25) is 4.75 Å². The quantitative estimate of drug-likeness (QED) is 0.610. The van der Waals surface area contributed by atoms with Crippen LogP contribution in [0.15, 0.2) is 70.8 Å². The zero-order valence-corrected chi connectivity index (χ0v) is 15.1. The van der Waals surface area contributed by atoms with Gasteiger partial charge in [0.05, 0.1) is 16.6 Å². The van der Waals surface area contributed by atoms with Crippen LogP contribution in [0.5, 0.6) is 0 Å². The van der Waals surface area contributed by atoms with Crippen LogP contribution in [0.1, 0.15) is 16.0 Å². The minimum atomic E-state index is -1.15. The molecular formula is C17H14BrNOS2. The Morgan fingerprint density at radius 2 is 1.82 bits per heavy atom. The molecule has 5 heteroatoms. The number of benzene rings is 2. The highest BCUT2D eigenvalue weighted by molar-refractivity contribution is 9.10. The first-order chi connectivity index (χ1) is 10.7. The first kappa shape index (κ1) is 15.7. The maximum absolute atomic E-state index is 13.0. The SMILES string of the molecule is C[S+]([O-])C(c1ccccc1)(c1cccc(Br)c1)c1cncs1. The van der Waals surface area contributed by atoms with Crippen LogP contribution < -0.4 is 0 Å². The predicted octanol–water partition coefficient (Wildman–Crippen LogP) is 4.58. The Morgan fingerprint density at radius 1 is 1.09 bits per heavy atom. The summed E-state index contributed by atoms with van der Waals surface area (Å²) in [6.07, 6.45) is 3.58. The van der Waals surface area contributed by atoms with Crippen LogP contribution in [0.2, 0.25) is 0 Å². The molecule has 3 rings (SSSR count). The summed E-state index contributed by atoms with van der Waals surface area (Å²) in [6.45, 7) is 0. The fourth-order valence-electron chi connectivity index (χ4n) is 2.69. The van der Waals surface area contributed by atoms with Crippen molar-refractivity contribution in [3.63, 3.8) is 0 Å². The molecule has 0 bridgehead atoms. The molecule has 1 heterocycles. The summed E-state index contributed by atoms with van der Waals surface area (Å²) in [7, 11) is 0. The molecule has 0 aliphatic carbocycles. The second-order valence-corrected chi connectivity index (χ2v) is 8.20. The average Bonchev–Trinajstić information content (AvgIpc) is 3.03. The Morgan fingerprint density at radius 3 is 2.41 bits per heavy atom. The third kappa shape index (κ3) is 2.63. The van der Waals surface area contributed by atoms with E-state index < -0.39 is 15.9 Å². The molecule has 2 aromatic carbocycles. The highest BCUT2D eigenvalue weighted by atomic mass is 79.9. The summed E-state index contributed by atoms with van der Waals surface area (Å²) >= 11 is 3.91. The summed E-state index contributed by atoms with van der Waals surface area (Å²) in [6, 6.07) is 18.0. The van der Waals surface area contributed by atoms with Gasteiger partial charge in [0.1, 0.15) is 0 Å². The second-order valence-electron chi connectivity index (χ2n) is 4.88. The van der Waals surface area contributed by atoms with Crippen LogP contribution in [0.4, 0.5) is 0 Å². The Kier molecular flexibility index (Phi) is 4.68. The number of aromatic nitrogens is 1. The molecule has 0 aliphatic rings. The number of thiazole rings is 1. The van der Waals surface area contributed by atoms with Gasteiger partial charge < -0.3 is 4.55 Å². The van der Waals surface area contributed by atoms with Gasteiger partial charge in [-0.25, -0.2) is 0 Å². The lowest BCUT2D eigenvalue weighted by Crippen LogP contribution is -2.37. The fourth-order valence-corrected chi connectivity index (χ4v) is 5.61. The van der Waals surface area contributed by atoms with Crippen LogP contribution in [0, 0.1) is 0 Å². The lowest BCUT2D eigenvalue weighted by Gasteiger charge is -2.33. The van der Waals surface area contributed by atoms with E-state index in [0.29, 0.717) is 0 Å². The maximum atomic E-state index is 13.0.